The Morgan fingerprint density at radius 2 is 1.95 bits per heavy atom. The third-order valence-electron chi connectivity index (χ3n) is 4.11. The fraction of sp³-hybridized carbons (Fsp3) is 0.333. The molecule has 0 saturated heterocycles. The van der Waals surface area contributed by atoms with Gasteiger partial charge in [-0.2, -0.15) is 0 Å². The van der Waals surface area contributed by atoms with Crippen molar-refractivity contribution in [3.8, 4) is 0 Å². The zero-order valence-electron chi connectivity index (χ0n) is 12.2. The molecule has 0 saturated carbocycles. The predicted molar refractivity (Wildman–Crippen MR) is 77.5 cm³/mol. The fourth-order valence-electron chi connectivity index (χ4n) is 3.04. The van der Waals surface area contributed by atoms with Crippen molar-refractivity contribution in [1.29, 1.82) is 0 Å². The van der Waals surface area contributed by atoms with Gasteiger partial charge in [0.15, 0.2) is 0 Å². The van der Waals surface area contributed by atoms with Gasteiger partial charge in [-0.25, -0.2) is 0 Å². The van der Waals surface area contributed by atoms with E-state index in [0.29, 0.717) is 3.63 Å². The molecule has 0 aliphatic heterocycles. The van der Waals surface area contributed by atoms with Crippen LogP contribution in [0.3, 0.4) is 0 Å². The molecule has 0 heterocycles. The summed E-state index contributed by atoms with van der Waals surface area (Å²) in [7, 11) is 0. The minimum absolute atomic E-state index is 0. The van der Waals surface area contributed by atoms with E-state index in [1.807, 2.05) is 0 Å². The molecule has 109 valence electrons. The number of halogens is 2. The van der Waals surface area contributed by atoms with E-state index in [-0.39, 0.29) is 48.0 Å². The molecular formula is C18H19I2Zr. The summed E-state index contributed by atoms with van der Waals surface area (Å²) in [6.45, 7) is 2.27. The Balaban J connectivity index is 0.00000110. The molecule has 0 N–H and O–H groups in total. The van der Waals surface area contributed by atoms with E-state index in [1.54, 1.807) is 41.4 Å². The van der Waals surface area contributed by atoms with Crippen LogP contribution in [-0.4, -0.2) is 0 Å². The monoisotopic (exact) mass is 579 g/mol. The number of allylic oxidation sites excluding steroid dienone is 5. The summed E-state index contributed by atoms with van der Waals surface area (Å²) in [5, 5.41) is 0. The van der Waals surface area contributed by atoms with Crippen molar-refractivity contribution in [3.05, 3.63) is 64.3 Å². The van der Waals surface area contributed by atoms with Gasteiger partial charge in [-0.15, -0.1) is 0 Å². The van der Waals surface area contributed by atoms with Gasteiger partial charge < -0.3 is 48.0 Å². The fourth-order valence-corrected chi connectivity index (χ4v) is 4.32. The van der Waals surface area contributed by atoms with E-state index < -0.39 is 0 Å². The zero-order chi connectivity index (χ0) is 13.2. The minimum atomic E-state index is 0. The van der Waals surface area contributed by atoms with Gasteiger partial charge in [-0.3, -0.25) is 0 Å². The quantitative estimate of drug-likeness (QED) is 0.407. The number of rotatable bonds is 4. The Labute approximate surface area is 177 Å². The van der Waals surface area contributed by atoms with Crippen LogP contribution in [0.25, 0.3) is 6.08 Å². The summed E-state index contributed by atoms with van der Waals surface area (Å²) < 4.78 is 0.648. The first-order valence-corrected chi connectivity index (χ1v) is 8.63. The van der Waals surface area contributed by atoms with Gasteiger partial charge in [-0.05, 0) is 0 Å². The molecule has 0 radical (unpaired) electrons. The number of hydrogen-bond donors (Lipinski definition) is 0. The molecule has 1 unspecified atom stereocenters. The zero-order valence-corrected chi connectivity index (χ0v) is 19.0. The average Bonchev–Trinajstić information content (AvgIpc) is 3.01. The van der Waals surface area contributed by atoms with Crippen LogP contribution >= 0.6 is 0 Å². The molecule has 0 amide bonds. The van der Waals surface area contributed by atoms with E-state index in [2.05, 4.69) is 49.4 Å². The van der Waals surface area contributed by atoms with Crippen LogP contribution in [0, 0.1) is 0 Å². The van der Waals surface area contributed by atoms with E-state index in [0.717, 1.165) is 6.42 Å². The molecular weight excluding hydrogens is 561 g/mol. The van der Waals surface area contributed by atoms with E-state index in [1.165, 1.54) is 30.4 Å². The van der Waals surface area contributed by atoms with Crippen LogP contribution in [0.2, 0.25) is 0 Å². The Hall–Kier alpha value is 0.783. The maximum absolute atomic E-state index is 2.43. The molecule has 3 rings (SSSR count). The second-order valence-electron chi connectivity index (χ2n) is 5.38. The first-order chi connectivity index (χ1) is 9.31. The summed E-state index contributed by atoms with van der Waals surface area (Å²) in [5.41, 5.74) is 7.77. The third kappa shape index (κ3) is 4.20. The molecule has 3 heteroatoms. The van der Waals surface area contributed by atoms with Crippen molar-refractivity contribution < 1.29 is 72.7 Å². The van der Waals surface area contributed by atoms with Crippen LogP contribution in [0.1, 0.15) is 47.4 Å². The maximum atomic E-state index is 2.43. The molecule has 0 aromatic heterocycles. The third-order valence-corrected chi connectivity index (χ3v) is 5.63. The summed E-state index contributed by atoms with van der Waals surface area (Å²) >= 11 is 1.61. The molecule has 0 nitrogen and oxygen atoms in total. The van der Waals surface area contributed by atoms with Gasteiger partial charge >= 0.3 is 131 Å². The standard InChI is InChI=1S/C18H19.2HI.Zr/c1-2-3-7-14-10-6-11-18(14)17-12-15-8-4-5-9-16(15)13-17;;;/h4-6,8-10,12-13H,2-3,7,11H2,1H3;2*1H;/q;;;+2/p-2. The Morgan fingerprint density at radius 3 is 2.67 bits per heavy atom. The molecule has 0 spiro atoms. The van der Waals surface area contributed by atoms with Crippen LogP contribution in [0.4, 0.5) is 0 Å². The summed E-state index contributed by atoms with van der Waals surface area (Å²) in [5.74, 6) is 0. The topological polar surface area (TPSA) is 0 Å². The maximum Gasteiger partial charge on any atom is -1.00 e. The molecule has 1 aromatic rings. The smallest absolute Gasteiger partial charge is 1.00 e. The molecule has 2 aliphatic rings. The normalized spacial score (nSPS) is 19.0. The van der Waals surface area contributed by atoms with Gasteiger partial charge in [0.1, 0.15) is 0 Å². The van der Waals surface area contributed by atoms with Crippen LogP contribution < -0.4 is 48.0 Å². The molecule has 0 bridgehead atoms. The van der Waals surface area contributed by atoms with E-state index in [9.17, 15) is 0 Å². The van der Waals surface area contributed by atoms with Crippen molar-refractivity contribution in [1.82, 2.24) is 0 Å². The van der Waals surface area contributed by atoms with Crippen molar-refractivity contribution in [2.45, 2.75) is 36.2 Å². The summed E-state index contributed by atoms with van der Waals surface area (Å²) in [6, 6.07) is 8.88. The second kappa shape index (κ2) is 9.17. The Bertz CT molecular complexity index is 585. The van der Waals surface area contributed by atoms with E-state index in [4.69, 9.17) is 0 Å². The first-order valence-electron chi connectivity index (χ1n) is 7.22. The first kappa shape index (κ1) is 19.8. The number of unbranched alkanes of at least 4 members (excludes halogenated alkanes) is 1. The SMILES string of the molecule is CCCCC1=C(C2=Cc3ccccc3[CH]2[Zr+2])CC=C1.[I-].[I-]. The summed E-state index contributed by atoms with van der Waals surface area (Å²) in [4.78, 5) is 0. The Kier molecular flexibility index (Phi) is 8.66. The molecule has 1 aromatic carbocycles. The predicted octanol–water partition coefficient (Wildman–Crippen LogP) is -0.874. The van der Waals surface area contributed by atoms with Crippen molar-refractivity contribution in [3.63, 3.8) is 0 Å². The molecule has 0 fully saturated rings. The van der Waals surface area contributed by atoms with Crippen LogP contribution in [0.5, 0.6) is 0 Å². The van der Waals surface area contributed by atoms with Gasteiger partial charge in [0, 0.05) is 0 Å². The van der Waals surface area contributed by atoms with E-state index >= 15 is 0 Å². The van der Waals surface area contributed by atoms with Gasteiger partial charge in [0.05, 0.1) is 0 Å². The second-order valence-corrected chi connectivity index (χ2v) is 6.79. The minimum Gasteiger partial charge on any atom is -1.00 e. The molecule has 1 atom stereocenters. The number of fused-ring (bicyclic) bond motifs is 1. The van der Waals surface area contributed by atoms with Gasteiger partial charge in [0.25, 0.3) is 0 Å². The van der Waals surface area contributed by atoms with Gasteiger partial charge in [0.2, 0.25) is 0 Å². The van der Waals surface area contributed by atoms with Crippen LogP contribution in [0.15, 0.2) is 53.1 Å². The van der Waals surface area contributed by atoms with Gasteiger partial charge in [-0.1, -0.05) is 0 Å². The largest absolute Gasteiger partial charge is 1.00 e. The average molecular weight is 580 g/mol. The number of hydrogen-bond acceptors (Lipinski definition) is 0. The summed E-state index contributed by atoms with van der Waals surface area (Å²) in [6.07, 6.45) is 12.1. The van der Waals surface area contributed by atoms with Crippen molar-refractivity contribution in [2.75, 3.05) is 0 Å². The van der Waals surface area contributed by atoms with Crippen molar-refractivity contribution >= 4 is 6.08 Å². The molecule has 21 heavy (non-hydrogen) atoms. The number of benzene rings is 1. The molecule has 2 aliphatic carbocycles. The van der Waals surface area contributed by atoms with Crippen molar-refractivity contribution in [2.24, 2.45) is 0 Å². The van der Waals surface area contributed by atoms with Crippen LogP contribution in [-0.2, 0) is 24.7 Å². The Morgan fingerprint density at radius 1 is 1.19 bits per heavy atom.